The van der Waals surface area contributed by atoms with Crippen molar-refractivity contribution in [1.29, 1.82) is 0 Å². The van der Waals surface area contributed by atoms with Gasteiger partial charge in [0.25, 0.3) is 0 Å². The molecule has 0 N–H and O–H groups in total. The van der Waals surface area contributed by atoms with Crippen molar-refractivity contribution < 1.29 is 4.79 Å². The highest BCUT2D eigenvalue weighted by Gasteiger charge is 2.21. The number of hydrogen-bond donors (Lipinski definition) is 0. The van der Waals surface area contributed by atoms with Gasteiger partial charge in [0.1, 0.15) is 0 Å². The minimum atomic E-state index is 0.277. The van der Waals surface area contributed by atoms with Crippen LogP contribution in [-0.2, 0) is 0 Å². The van der Waals surface area contributed by atoms with Crippen LogP contribution in [0, 0.1) is 0 Å². The summed E-state index contributed by atoms with van der Waals surface area (Å²) < 4.78 is 0. The van der Waals surface area contributed by atoms with Crippen molar-refractivity contribution in [2.45, 2.75) is 32.2 Å². The lowest BCUT2D eigenvalue weighted by molar-refractivity contribution is 0.0864. The largest absolute Gasteiger partial charge is 0.293 e. The SMILES string of the molecule is CC1CCCCN1CC(=O)c1cccs1. The van der Waals surface area contributed by atoms with Crippen LogP contribution in [0.3, 0.4) is 0 Å². The molecule has 0 amide bonds. The van der Waals surface area contributed by atoms with E-state index in [0.29, 0.717) is 12.6 Å². The number of hydrogen-bond acceptors (Lipinski definition) is 3. The molecule has 1 aromatic heterocycles. The number of carbonyl (C=O) groups is 1. The van der Waals surface area contributed by atoms with Gasteiger partial charge in [0.2, 0.25) is 0 Å². The first-order chi connectivity index (χ1) is 7.27. The van der Waals surface area contributed by atoms with Gasteiger partial charge in [-0.05, 0) is 37.8 Å². The van der Waals surface area contributed by atoms with E-state index in [-0.39, 0.29) is 5.78 Å². The van der Waals surface area contributed by atoms with Gasteiger partial charge in [-0.2, -0.15) is 0 Å². The lowest BCUT2D eigenvalue weighted by atomic mass is 10.0. The molecule has 1 atom stereocenters. The van der Waals surface area contributed by atoms with Crippen LogP contribution in [0.15, 0.2) is 17.5 Å². The predicted molar refractivity (Wildman–Crippen MR) is 63.5 cm³/mol. The quantitative estimate of drug-likeness (QED) is 0.734. The number of thiophene rings is 1. The molecule has 1 fully saturated rings. The maximum atomic E-state index is 11.9. The molecule has 0 spiro atoms. The Hall–Kier alpha value is -0.670. The van der Waals surface area contributed by atoms with E-state index in [9.17, 15) is 4.79 Å². The lowest BCUT2D eigenvalue weighted by Gasteiger charge is -2.32. The normalized spacial score (nSPS) is 22.9. The van der Waals surface area contributed by atoms with Crippen molar-refractivity contribution in [1.82, 2.24) is 4.90 Å². The molecule has 2 rings (SSSR count). The van der Waals surface area contributed by atoms with Gasteiger partial charge in [-0.3, -0.25) is 9.69 Å². The summed E-state index contributed by atoms with van der Waals surface area (Å²) in [7, 11) is 0. The topological polar surface area (TPSA) is 20.3 Å². The van der Waals surface area contributed by atoms with Crippen LogP contribution < -0.4 is 0 Å². The number of carbonyl (C=O) groups excluding carboxylic acids is 1. The summed E-state index contributed by atoms with van der Waals surface area (Å²) in [4.78, 5) is 15.1. The number of nitrogens with zero attached hydrogens (tertiary/aromatic N) is 1. The fourth-order valence-electron chi connectivity index (χ4n) is 2.09. The number of likely N-dealkylation sites (tertiary alicyclic amines) is 1. The molecule has 0 aliphatic carbocycles. The Balaban J connectivity index is 1.93. The van der Waals surface area contributed by atoms with Gasteiger partial charge >= 0.3 is 0 Å². The van der Waals surface area contributed by atoms with Crippen molar-refractivity contribution in [3.63, 3.8) is 0 Å². The predicted octanol–water partition coefficient (Wildman–Crippen LogP) is 2.81. The first-order valence-corrected chi connectivity index (χ1v) is 6.46. The van der Waals surface area contributed by atoms with Crippen LogP contribution in [-0.4, -0.2) is 29.8 Å². The molecule has 1 saturated heterocycles. The molecule has 15 heavy (non-hydrogen) atoms. The first-order valence-electron chi connectivity index (χ1n) is 5.58. The Labute approximate surface area is 94.9 Å². The highest BCUT2D eigenvalue weighted by Crippen LogP contribution is 2.18. The summed E-state index contributed by atoms with van der Waals surface area (Å²) in [5.41, 5.74) is 0. The van der Waals surface area contributed by atoms with Crippen LogP contribution in [0.1, 0.15) is 35.9 Å². The lowest BCUT2D eigenvalue weighted by Crippen LogP contribution is -2.40. The standard InChI is InChI=1S/C12H17NOS/c1-10-5-2-3-7-13(10)9-11(14)12-6-4-8-15-12/h4,6,8,10H,2-3,5,7,9H2,1H3. The Kier molecular flexibility index (Phi) is 3.54. The van der Waals surface area contributed by atoms with Gasteiger partial charge in [0.15, 0.2) is 5.78 Å². The Bertz CT molecular complexity index is 320. The highest BCUT2D eigenvalue weighted by atomic mass is 32.1. The second kappa shape index (κ2) is 4.90. The molecule has 1 aromatic rings. The minimum Gasteiger partial charge on any atom is -0.293 e. The fourth-order valence-corrected chi connectivity index (χ4v) is 2.75. The molecule has 1 unspecified atom stereocenters. The first kappa shape index (κ1) is 10.8. The number of Topliss-reactive ketones (excluding diaryl/α,β-unsaturated/α-hetero) is 1. The molecule has 0 aromatic carbocycles. The Morgan fingerprint density at radius 1 is 1.60 bits per heavy atom. The fraction of sp³-hybridized carbons (Fsp3) is 0.583. The van der Waals surface area contributed by atoms with Crippen molar-refractivity contribution in [2.75, 3.05) is 13.1 Å². The van der Waals surface area contributed by atoms with E-state index in [1.54, 1.807) is 11.3 Å². The summed E-state index contributed by atoms with van der Waals surface area (Å²) in [5, 5.41) is 1.97. The van der Waals surface area contributed by atoms with Gasteiger partial charge in [0.05, 0.1) is 11.4 Å². The van der Waals surface area contributed by atoms with E-state index in [1.165, 1.54) is 19.3 Å². The van der Waals surface area contributed by atoms with Crippen LogP contribution in [0.25, 0.3) is 0 Å². The van der Waals surface area contributed by atoms with Crippen molar-refractivity contribution >= 4 is 17.1 Å². The Morgan fingerprint density at radius 3 is 3.13 bits per heavy atom. The van der Waals surface area contributed by atoms with Gasteiger partial charge in [0, 0.05) is 6.04 Å². The highest BCUT2D eigenvalue weighted by molar-refractivity contribution is 7.12. The molecule has 0 bridgehead atoms. The van der Waals surface area contributed by atoms with Crippen LogP contribution in [0.2, 0.25) is 0 Å². The van der Waals surface area contributed by atoms with E-state index in [1.807, 2.05) is 17.5 Å². The van der Waals surface area contributed by atoms with Crippen LogP contribution in [0.5, 0.6) is 0 Å². The monoisotopic (exact) mass is 223 g/mol. The third-order valence-corrected chi connectivity index (χ3v) is 3.99. The molecular weight excluding hydrogens is 206 g/mol. The van der Waals surface area contributed by atoms with Crippen molar-refractivity contribution in [2.24, 2.45) is 0 Å². The molecular formula is C12H17NOS. The zero-order valence-electron chi connectivity index (χ0n) is 9.11. The van der Waals surface area contributed by atoms with E-state index in [2.05, 4.69) is 11.8 Å². The van der Waals surface area contributed by atoms with Crippen LogP contribution in [0.4, 0.5) is 0 Å². The molecule has 1 aliphatic rings. The minimum absolute atomic E-state index is 0.277. The van der Waals surface area contributed by atoms with E-state index in [4.69, 9.17) is 0 Å². The number of piperidine rings is 1. The van der Waals surface area contributed by atoms with E-state index in [0.717, 1.165) is 11.4 Å². The third kappa shape index (κ3) is 2.67. The van der Waals surface area contributed by atoms with Crippen molar-refractivity contribution in [3.05, 3.63) is 22.4 Å². The summed E-state index contributed by atoms with van der Waals surface area (Å²) in [6, 6.07) is 4.43. The molecule has 3 heteroatoms. The van der Waals surface area contributed by atoms with Gasteiger partial charge in [-0.25, -0.2) is 0 Å². The molecule has 1 aliphatic heterocycles. The zero-order valence-corrected chi connectivity index (χ0v) is 9.93. The number of ketones is 1. The summed E-state index contributed by atoms with van der Waals surface area (Å²) in [6.07, 6.45) is 3.78. The van der Waals surface area contributed by atoms with E-state index < -0.39 is 0 Å². The smallest absolute Gasteiger partial charge is 0.186 e. The molecule has 82 valence electrons. The molecule has 0 radical (unpaired) electrons. The summed E-state index contributed by atoms with van der Waals surface area (Å²) >= 11 is 1.54. The maximum absolute atomic E-state index is 11.9. The average molecular weight is 223 g/mol. The third-order valence-electron chi connectivity index (χ3n) is 3.08. The van der Waals surface area contributed by atoms with Gasteiger partial charge < -0.3 is 0 Å². The molecule has 2 heterocycles. The maximum Gasteiger partial charge on any atom is 0.186 e. The molecule has 0 saturated carbocycles. The summed E-state index contributed by atoms with van der Waals surface area (Å²) in [6.45, 7) is 3.90. The average Bonchev–Trinajstić information content (AvgIpc) is 2.74. The second-order valence-electron chi connectivity index (χ2n) is 4.22. The van der Waals surface area contributed by atoms with E-state index >= 15 is 0 Å². The zero-order chi connectivity index (χ0) is 10.7. The molecule has 2 nitrogen and oxygen atoms in total. The van der Waals surface area contributed by atoms with Crippen LogP contribution >= 0.6 is 11.3 Å². The Morgan fingerprint density at radius 2 is 2.47 bits per heavy atom. The van der Waals surface area contributed by atoms with Crippen molar-refractivity contribution in [3.8, 4) is 0 Å². The number of rotatable bonds is 3. The summed E-state index contributed by atoms with van der Waals surface area (Å²) in [5.74, 6) is 0.277. The second-order valence-corrected chi connectivity index (χ2v) is 5.16. The van der Waals surface area contributed by atoms with Gasteiger partial charge in [-0.1, -0.05) is 12.5 Å². The van der Waals surface area contributed by atoms with Gasteiger partial charge in [-0.15, -0.1) is 11.3 Å².